The van der Waals surface area contributed by atoms with Gasteiger partial charge in [0.2, 0.25) is 11.8 Å². The van der Waals surface area contributed by atoms with Crippen LogP contribution in [0.4, 0.5) is 0 Å². The number of hydrogen-bond donors (Lipinski definition) is 1. The first-order valence-electron chi connectivity index (χ1n) is 5.46. The Labute approximate surface area is 119 Å². The molecule has 0 unspecified atom stereocenters. The van der Waals surface area contributed by atoms with Gasteiger partial charge < -0.3 is 4.90 Å². The number of benzene rings is 1. The summed E-state index contributed by atoms with van der Waals surface area (Å²) in [5.41, 5.74) is 0.302. The molecule has 1 aromatic rings. The van der Waals surface area contributed by atoms with Crippen molar-refractivity contribution in [2.45, 2.75) is 4.90 Å². The van der Waals surface area contributed by atoms with Crippen molar-refractivity contribution in [1.29, 1.82) is 0 Å². The fourth-order valence-electron chi connectivity index (χ4n) is 1.75. The number of imide groups is 1. The molecule has 0 aliphatic carbocycles. The molecule has 100 valence electrons. The zero-order valence-electron chi connectivity index (χ0n) is 10.1. The SMILES string of the molecule is CSc1ccc(Cl)c(C(=O)N2CC(=O)NC(=O)C2)c1. The summed E-state index contributed by atoms with van der Waals surface area (Å²) in [7, 11) is 0. The normalized spacial score (nSPS) is 15.4. The Hall–Kier alpha value is -1.53. The summed E-state index contributed by atoms with van der Waals surface area (Å²) in [5, 5.41) is 2.45. The minimum Gasteiger partial charge on any atom is -0.320 e. The fourth-order valence-corrected chi connectivity index (χ4v) is 2.38. The average Bonchev–Trinajstić information content (AvgIpc) is 2.37. The molecule has 0 radical (unpaired) electrons. The van der Waals surface area contributed by atoms with E-state index in [1.807, 2.05) is 6.26 Å². The molecule has 0 atom stereocenters. The number of nitrogens with one attached hydrogen (secondary N) is 1. The lowest BCUT2D eigenvalue weighted by atomic mass is 10.2. The minimum absolute atomic E-state index is 0.135. The van der Waals surface area contributed by atoms with Crippen LogP contribution in [0, 0.1) is 0 Å². The number of thioether (sulfide) groups is 1. The number of piperazine rings is 1. The summed E-state index contributed by atoms with van der Waals surface area (Å²) in [4.78, 5) is 36.9. The van der Waals surface area contributed by atoms with Gasteiger partial charge in [-0.15, -0.1) is 11.8 Å². The summed E-state index contributed by atoms with van der Waals surface area (Å²) in [5.74, 6) is -1.38. The molecule has 1 aliphatic heterocycles. The summed E-state index contributed by atoms with van der Waals surface area (Å²) in [6, 6.07) is 5.09. The zero-order valence-corrected chi connectivity index (χ0v) is 11.7. The van der Waals surface area contributed by atoms with Crippen molar-refractivity contribution in [2.75, 3.05) is 19.3 Å². The first-order chi connectivity index (χ1) is 9.01. The van der Waals surface area contributed by atoms with Gasteiger partial charge in [0.1, 0.15) is 13.1 Å². The Bertz CT molecular complexity index is 546. The molecule has 1 aliphatic rings. The third-order valence-electron chi connectivity index (χ3n) is 2.64. The second-order valence-electron chi connectivity index (χ2n) is 3.98. The lowest BCUT2D eigenvalue weighted by molar-refractivity contribution is -0.135. The van der Waals surface area contributed by atoms with Crippen molar-refractivity contribution in [3.05, 3.63) is 28.8 Å². The van der Waals surface area contributed by atoms with E-state index in [1.54, 1.807) is 18.2 Å². The summed E-state index contributed by atoms with van der Waals surface area (Å²) >= 11 is 7.48. The van der Waals surface area contributed by atoms with Gasteiger partial charge in [-0.05, 0) is 24.5 Å². The maximum Gasteiger partial charge on any atom is 0.256 e. The van der Waals surface area contributed by atoms with E-state index in [4.69, 9.17) is 11.6 Å². The number of amides is 3. The molecular weight excluding hydrogens is 288 g/mol. The van der Waals surface area contributed by atoms with Gasteiger partial charge in [-0.25, -0.2) is 0 Å². The van der Waals surface area contributed by atoms with Gasteiger partial charge in [-0.3, -0.25) is 19.7 Å². The van der Waals surface area contributed by atoms with Crippen LogP contribution in [-0.2, 0) is 9.59 Å². The van der Waals surface area contributed by atoms with Gasteiger partial charge >= 0.3 is 0 Å². The van der Waals surface area contributed by atoms with Gasteiger partial charge in [0.15, 0.2) is 0 Å². The van der Waals surface area contributed by atoms with Crippen molar-refractivity contribution < 1.29 is 14.4 Å². The number of carbonyl (C=O) groups is 3. The highest BCUT2D eigenvalue weighted by molar-refractivity contribution is 7.98. The third kappa shape index (κ3) is 3.08. The molecule has 1 aromatic carbocycles. The smallest absolute Gasteiger partial charge is 0.256 e. The molecule has 2 rings (SSSR count). The van der Waals surface area contributed by atoms with Crippen LogP contribution >= 0.6 is 23.4 Å². The second kappa shape index (κ2) is 5.63. The van der Waals surface area contributed by atoms with Crippen LogP contribution in [-0.4, -0.2) is 42.0 Å². The molecule has 0 bridgehead atoms. The van der Waals surface area contributed by atoms with Crippen molar-refractivity contribution in [1.82, 2.24) is 10.2 Å². The Morgan fingerprint density at radius 1 is 1.32 bits per heavy atom. The number of nitrogens with zero attached hydrogens (tertiary/aromatic N) is 1. The van der Waals surface area contributed by atoms with E-state index >= 15 is 0 Å². The van der Waals surface area contributed by atoms with Gasteiger partial charge in [0, 0.05) is 4.90 Å². The number of carbonyl (C=O) groups excluding carboxylic acids is 3. The monoisotopic (exact) mass is 298 g/mol. The van der Waals surface area contributed by atoms with Crippen LogP contribution in [0.5, 0.6) is 0 Å². The predicted molar refractivity (Wildman–Crippen MR) is 72.3 cm³/mol. The second-order valence-corrected chi connectivity index (χ2v) is 5.27. The van der Waals surface area contributed by atoms with E-state index < -0.39 is 17.7 Å². The predicted octanol–water partition coefficient (Wildman–Crippen LogP) is 1.16. The standard InChI is InChI=1S/C12H11ClN2O3S/c1-19-7-2-3-9(13)8(4-7)12(18)15-5-10(16)14-11(17)6-15/h2-4H,5-6H2,1H3,(H,14,16,17). The van der Waals surface area contributed by atoms with E-state index in [-0.39, 0.29) is 13.1 Å². The maximum atomic E-state index is 12.3. The van der Waals surface area contributed by atoms with E-state index in [9.17, 15) is 14.4 Å². The lowest BCUT2D eigenvalue weighted by Gasteiger charge is -2.25. The average molecular weight is 299 g/mol. The van der Waals surface area contributed by atoms with Crippen LogP contribution in [0.3, 0.4) is 0 Å². The summed E-state index contributed by atoms with van der Waals surface area (Å²) in [6.45, 7) is -0.269. The summed E-state index contributed by atoms with van der Waals surface area (Å²) < 4.78 is 0. The van der Waals surface area contributed by atoms with Crippen LogP contribution < -0.4 is 5.32 Å². The first kappa shape index (κ1) is 13.9. The largest absolute Gasteiger partial charge is 0.320 e. The lowest BCUT2D eigenvalue weighted by Crippen LogP contribution is -2.53. The zero-order chi connectivity index (χ0) is 14.0. The van der Waals surface area contributed by atoms with Crippen LogP contribution in [0.2, 0.25) is 5.02 Å². The highest BCUT2D eigenvalue weighted by atomic mass is 35.5. The molecule has 1 saturated heterocycles. The van der Waals surface area contributed by atoms with E-state index in [1.165, 1.54) is 16.7 Å². The molecule has 0 saturated carbocycles. The van der Waals surface area contributed by atoms with Crippen LogP contribution in [0.15, 0.2) is 23.1 Å². The molecular formula is C12H11ClN2O3S. The molecule has 1 N–H and O–H groups in total. The highest BCUT2D eigenvalue weighted by Gasteiger charge is 2.28. The molecule has 0 spiro atoms. The van der Waals surface area contributed by atoms with Crippen molar-refractivity contribution >= 4 is 41.1 Å². The van der Waals surface area contributed by atoms with Crippen LogP contribution in [0.1, 0.15) is 10.4 Å². The first-order valence-corrected chi connectivity index (χ1v) is 7.07. The van der Waals surface area contributed by atoms with Gasteiger partial charge in [0.25, 0.3) is 5.91 Å². The molecule has 1 heterocycles. The fraction of sp³-hybridized carbons (Fsp3) is 0.250. The Kier molecular flexibility index (Phi) is 4.11. The molecule has 1 fully saturated rings. The summed E-state index contributed by atoms with van der Waals surface area (Å²) in [6.07, 6.45) is 1.88. The highest BCUT2D eigenvalue weighted by Crippen LogP contribution is 2.24. The van der Waals surface area contributed by atoms with Crippen LogP contribution in [0.25, 0.3) is 0 Å². The maximum absolute atomic E-state index is 12.3. The Balaban J connectivity index is 2.28. The van der Waals surface area contributed by atoms with E-state index in [0.29, 0.717) is 10.6 Å². The van der Waals surface area contributed by atoms with E-state index in [2.05, 4.69) is 5.32 Å². The molecule has 19 heavy (non-hydrogen) atoms. The third-order valence-corrected chi connectivity index (χ3v) is 3.69. The topological polar surface area (TPSA) is 66.5 Å². The van der Waals surface area contributed by atoms with E-state index in [0.717, 1.165) is 4.90 Å². The molecule has 5 nitrogen and oxygen atoms in total. The Morgan fingerprint density at radius 2 is 1.95 bits per heavy atom. The Morgan fingerprint density at radius 3 is 2.53 bits per heavy atom. The molecule has 0 aromatic heterocycles. The number of hydrogen-bond acceptors (Lipinski definition) is 4. The molecule has 7 heteroatoms. The number of rotatable bonds is 2. The van der Waals surface area contributed by atoms with Gasteiger partial charge in [0.05, 0.1) is 10.6 Å². The van der Waals surface area contributed by atoms with Crippen molar-refractivity contribution in [3.63, 3.8) is 0 Å². The molecule has 3 amide bonds. The van der Waals surface area contributed by atoms with Crippen molar-refractivity contribution in [2.24, 2.45) is 0 Å². The number of halogens is 1. The van der Waals surface area contributed by atoms with Gasteiger partial charge in [-0.2, -0.15) is 0 Å². The minimum atomic E-state index is -0.484. The quantitative estimate of drug-likeness (QED) is 0.657. The van der Waals surface area contributed by atoms with Gasteiger partial charge in [-0.1, -0.05) is 11.6 Å². The van der Waals surface area contributed by atoms with Crippen molar-refractivity contribution in [3.8, 4) is 0 Å².